The van der Waals surface area contributed by atoms with Crippen LogP contribution < -0.4 is 0 Å². The van der Waals surface area contributed by atoms with Crippen LogP contribution in [0.3, 0.4) is 0 Å². The van der Waals surface area contributed by atoms with Crippen LogP contribution in [0, 0.1) is 0 Å². The first-order valence-corrected chi connectivity index (χ1v) is 8.53. The molecular weight excluding hydrogens is 200 g/mol. The molecule has 0 N–H and O–H groups in total. The van der Waals surface area contributed by atoms with Gasteiger partial charge in [-0.1, -0.05) is 39.0 Å². The maximum absolute atomic E-state index is 6.06. The average Bonchev–Trinajstić information content (AvgIpc) is 2.09. The van der Waals surface area contributed by atoms with Crippen molar-refractivity contribution in [3.05, 3.63) is 24.8 Å². The molecule has 0 saturated heterocycles. The summed E-state index contributed by atoms with van der Waals surface area (Å²) in [6, 6.07) is 0. The van der Waals surface area contributed by atoms with Crippen molar-refractivity contribution in [3.63, 3.8) is 0 Å². The second kappa shape index (κ2) is 5.66. The molecule has 88 valence electrons. The molecular formula is C13H26OSi. The van der Waals surface area contributed by atoms with Gasteiger partial charge in [0.2, 0.25) is 0 Å². The highest BCUT2D eigenvalue weighted by atomic mass is 28.4. The number of hydrogen-bond acceptors (Lipinski definition) is 1. The minimum Gasteiger partial charge on any atom is -0.413 e. The second-order valence-corrected chi connectivity index (χ2v) is 10.4. The SMILES string of the molecule is C=CCCC(=C)CO[Si](C)(C)C(C)(C)C. The molecule has 0 amide bonds. The van der Waals surface area contributed by atoms with E-state index in [1.54, 1.807) is 0 Å². The molecule has 0 unspecified atom stereocenters. The van der Waals surface area contributed by atoms with E-state index in [2.05, 4.69) is 47.0 Å². The van der Waals surface area contributed by atoms with Crippen LogP contribution in [0.1, 0.15) is 33.6 Å². The van der Waals surface area contributed by atoms with E-state index in [4.69, 9.17) is 4.43 Å². The summed E-state index contributed by atoms with van der Waals surface area (Å²) >= 11 is 0. The predicted molar refractivity (Wildman–Crippen MR) is 71.7 cm³/mol. The Balaban J connectivity index is 4.04. The Morgan fingerprint density at radius 2 is 1.87 bits per heavy atom. The Labute approximate surface area is 96.4 Å². The van der Waals surface area contributed by atoms with Gasteiger partial charge < -0.3 is 4.43 Å². The average molecular weight is 226 g/mol. The quantitative estimate of drug-likeness (QED) is 0.477. The molecule has 0 saturated carbocycles. The summed E-state index contributed by atoms with van der Waals surface area (Å²) in [5.41, 5.74) is 1.18. The highest BCUT2D eigenvalue weighted by molar-refractivity contribution is 6.74. The van der Waals surface area contributed by atoms with Crippen LogP contribution in [0.5, 0.6) is 0 Å². The van der Waals surface area contributed by atoms with Crippen molar-refractivity contribution in [2.24, 2.45) is 0 Å². The molecule has 1 nitrogen and oxygen atoms in total. The van der Waals surface area contributed by atoms with Crippen LogP contribution in [0.25, 0.3) is 0 Å². The van der Waals surface area contributed by atoms with E-state index < -0.39 is 8.32 Å². The largest absolute Gasteiger partial charge is 0.413 e. The number of rotatable bonds is 6. The van der Waals surface area contributed by atoms with Gasteiger partial charge in [0.1, 0.15) is 0 Å². The first-order valence-electron chi connectivity index (χ1n) is 5.62. The summed E-state index contributed by atoms with van der Waals surface area (Å²) in [6.07, 6.45) is 3.93. The van der Waals surface area contributed by atoms with Gasteiger partial charge >= 0.3 is 0 Å². The molecule has 15 heavy (non-hydrogen) atoms. The van der Waals surface area contributed by atoms with Crippen LogP contribution in [0.4, 0.5) is 0 Å². The Morgan fingerprint density at radius 3 is 2.27 bits per heavy atom. The van der Waals surface area contributed by atoms with Crippen molar-refractivity contribution in [2.45, 2.75) is 51.7 Å². The van der Waals surface area contributed by atoms with Gasteiger partial charge in [-0.2, -0.15) is 0 Å². The molecule has 0 radical (unpaired) electrons. The summed E-state index contributed by atoms with van der Waals surface area (Å²) in [5, 5.41) is 0.283. The van der Waals surface area contributed by atoms with Gasteiger partial charge in [-0.3, -0.25) is 0 Å². The first-order chi connectivity index (χ1) is 6.70. The minimum absolute atomic E-state index is 0.283. The lowest BCUT2D eigenvalue weighted by Gasteiger charge is -2.36. The van der Waals surface area contributed by atoms with E-state index >= 15 is 0 Å². The van der Waals surface area contributed by atoms with Gasteiger partial charge in [0.05, 0.1) is 6.61 Å². The molecule has 0 rings (SSSR count). The fraction of sp³-hybridized carbons (Fsp3) is 0.692. The molecule has 0 aliphatic heterocycles. The van der Waals surface area contributed by atoms with E-state index in [0.29, 0.717) is 6.61 Å². The molecule has 2 heteroatoms. The standard InChI is InChI=1S/C13H26OSi/c1-8-9-10-12(2)11-14-15(6,7)13(3,4)5/h8H,1-2,9-11H2,3-7H3. The van der Waals surface area contributed by atoms with Gasteiger partial charge in [-0.25, -0.2) is 0 Å². The zero-order valence-electron chi connectivity index (χ0n) is 11.0. The number of allylic oxidation sites excluding steroid dienone is 1. The maximum atomic E-state index is 6.06. The highest BCUT2D eigenvalue weighted by Crippen LogP contribution is 2.36. The fourth-order valence-corrected chi connectivity index (χ4v) is 1.88. The van der Waals surface area contributed by atoms with Crippen LogP contribution in [-0.2, 0) is 4.43 Å². The van der Waals surface area contributed by atoms with E-state index in [9.17, 15) is 0 Å². The molecule has 0 fully saturated rings. The van der Waals surface area contributed by atoms with Crippen molar-refractivity contribution in [3.8, 4) is 0 Å². The Bertz CT molecular complexity index is 223. The van der Waals surface area contributed by atoms with E-state index in [0.717, 1.165) is 12.8 Å². The Morgan fingerprint density at radius 1 is 1.33 bits per heavy atom. The summed E-state index contributed by atoms with van der Waals surface area (Å²) in [7, 11) is -1.59. The zero-order valence-corrected chi connectivity index (χ0v) is 12.0. The summed E-state index contributed by atoms with van der Waals surface area (Å²) in [6.45, 7) is 19.8. The van der Waals surface area contributed by atoms with E-state index in [1.807, 2.05) is 6.08 Å². The van der Waals surface area contributed by atoms with Gasteiger partial charge in [-0.05, 0) is 31.0 Å². The smallest absolute Gasteiger partial charge is 0.192 e. The molecule has 0 bridgehead atoms. The Kier molecular flexibility index (Phi) is 5.53. The monoisotopic (exact) mass is 226 g/mol. The van der Waals surface area contributed by atoms with E-state index in [-0.39, 0.29) is 5.04 Å². The van der Waals surface area contributed by atoms with Gasteiger partial charge in [0.15, 0.2) is 8.32 Å². The summed E-state index contributed by atoms with van der Waals surface area (Å²) < 4.78 is 6.06. The lowest BCUT2D eigenvalue weighted by molar-refractivity contribution is 0.315. The van der Waals surface area contributed by atoms with Gasteiger partial charge in [0.25, 0.3) is 0 Å². The summed E-state index contributed by atoms with van der Waals surface area (Å²) in [5.74, 6) is 0. The molecule has 0 spiro atoms. The van der Waals surface area contributed by atoms with Crippen molar-refractivity contribution in [1.29, 1.82) is 0 Å². The van der Waals surface area contributed by atoms with Crippen LogP contribution in [0.2, 0.25) is 18.1 Å². The van der Waals surface area contributed by atoms with Crippen molar-refractivity contribution < 1.29 is 4.43 Å². The predicted octanol–water partition coefficient (Wildman–Crippen LogP) is 4.53. The highest BCUT2D eigenvalue weighted by Gasteiger charge is 2.36. The van der Waals surface area contributed by atoms with E-state index in [1.165, 1.54) is 5.57 Å². The van der Waals surface area contributed by atoms with Crippen LogP contribution in [-0.4, -0.2) is 14.9 Å². The third-order valence-corrected chi connectivity index (χ3v) is 7.62. The summed E-state index contributed by atoms with van der Waals surface area (Å²) in [4.78, 5) is 0. The molecule has 0 aliphatic carbocycles. The number of hydrogen-bond donors (Lipinski definition) is 0. The molecule has 0 atom stereocenters. The maximum Gasteiger partial charge on any atom is 0.192 e. The van der Waals surface area contributed by atoms with Crippen molar-refractivity contribution in [1.82, 2.24) is 0 Å². The molecule has 0 heterocycles. The molecule has 0 aromatic heterocycles. The lowest BCUT2D eigenvalue weighted by atomic mass is 10.2. The molecule has 0 aromatic carbocycles. The lowest BCUT2D eigenvalue weighted by Crippen LogP contribution is -2.41. The van der Waals surface area contributed by atoms with Crippen molar-refractivity contribution in [2.75, 3.05) is 6.61 Å². The van der Waals surface area contributed by atoms with Crippen molar-refractivity contribution >= 4 is 8.32 Å². The zero-order chi connectivity index (χ0) is 12.1. The first kappa shape index (κ1) is 14.7. The van der Waals surface area contributed by atoms with Crippen LogP contribution >= 0.6 is 0 Å². The topological polar surface area (TPSA) is 9.23 Å². The minimum atomic E-state index is -1.59. The Hall–Kier alpha value is -0.343. The second-order valence-electron chi connectivity index (χ2n) is 5.63. The third-order valence-electron chi connectivity index (χ3n) is 3.15. The molecule has 0 aliphatic rings. The van der Waals surface area contributed by atoms with Crippen LogP contribution in [0.15, 0.2) is 24.8 Å². The third kappa shape index (κ3) is 5.33. The fourth-order valence-electron chi connectivity index (χ4n) is 0.877. The molecule has 0 aromatic rings. The van der Waals surface area contributed by atoms with Gasteiger partial charge in [0, 0.05) is 0 Å². The normalized spacial score (nSPS) is 12.6. The van der Waals surface area contributed by atoms with Gasteiger partial charge in [-0.15, -0.1) is 6.58 Å².